The first-order chi connectivity index (χ1) is 13.1. The zero-order chi connectivity index (χ0) is 19.1. The molecule has 1 heterocycles. The highest BCUT2D eigenvalue weighted by molar-refractivity contribution is 7.12. The van der Waals surface area contributed by atoms with Gasteiger partial charge in [0, 0.05) is 17.9 Å². The van der Waals surface area contributed by atoms with E-state index in [1.54, 1.807) is 37.4 Å². The second-order valence-electron chi connectivity index (χ2n) is 5.67. The molecule has 3 aromatic rings. The van der Waals surface area contributed by atoms with Crippen molar-refractivity contribution in [2.45, 2.75) is 6.54 Å². The van der Waals surface area contributed by atoms with Crippen molar-refractivity contribution in [2.24, 2.45) is 0 Å². The molecular weight excluding hydrogens is 362 g/mol. The summed E-state index contributed by atoms with van der Waals surface area (Å²) in [6, 6.07) is 17.7. The van der Waals surface area contributed by atoms with E-state index in [0.717, 1.165) is 11.3 Å². The minimum Gasteiger partial charge on any atom is -0.497 e. The predicted octanol–water partition coefficient (Wildman–Crippen LogP) is 4.33. The Morgan fingerprint density at radius 1 is 0.963 bits per heavy atom. The molecule has 0 bridgehead atoms. The molecule has 3 rings (SSSR count). The molecule has 1 aromatic heterocycles. The van der Waals surface area contributed by atoms with Crippen LogP contribution in [0.5, 0.6) is 5.75 Å². The second kappa shape index (κ2) is 8.86. The van der Waals surface area contributed by atoms with Gasteiger partial charge in [0.05, 0.1) is 12.0 Å². The van der Waals surface area contributed by atoms with Gasteiger partial charge in [-0.3, -0.25) is 4.79 Å². The molecule has 0 atom stereocenters. The van der Waals surface area contributed by atoms with E-state index in [1.807, 2.05) is 35.7 Å². The van der Waals surface area contributed by atoms with E-state index >= 15 is 0 Å². The Hall–Kier alpha value is -3.32. The van der Waals surface area contributed by atoms with E-state index in [2.05, 4.69) is 16.0 Å². The number of nitrogens with one attached hydrogen (secondary N) is 3. The number of carbonyl (C=O) groups is 2. The van der Waals surface area contributed by atoms with Gasteiger partial charge in [0.2, 0.25) is 0 Å². The molecule has 3 N–H and O–H groups in total. The molecule has 0 radical (unpaired) electrons. The fourth-order valence-electron chi connectivity index (χ4n) is 2.38. The molecule has 0 unspecified atom stereocenters. The number of ether oxygens (including phenoxy) is 1. The second-order valence-corrected chi connectivity index (χ2v) is 6.62. The van der Waals surface area contributed by atoms with Crippen LogP contribution in [0.2, 0.25) is 0 Å². The van der Waals surface area contributed by atoms with Gasteiger partial charge in [-0.1, -0.05) is 24.3 Å². The lowest BCUT2D eigenvalue weighted by Crippen LogP contribution is -2.28. The molecule has 0 fully saturated rings. The van der Waals surface area contributed by atoms with E-state index in [1.165, 1.54) is 11.3 Å². The van der Waals surface area contributed by atoms with Crippen LogP contribution in [0.4, 0.5) is 16.2 Å². The quantitative estimate of drug-likeness (QED) is 0.595. The smallest absolute Gasteiger partial charge is 0.319 e. The highest BCUT2D eigenvalue weighted by atomic mass is 32.1. The Labute approximate surface area is 161 Å². The Morgan fingerprint density at radius 2 is 1.70 bits per heavy atom. The topological polar surface area (TPSA) is 79.5 Å². The SMILES string of the molecule is COc1ccc(CNC(=O)Nc2cccc(NC(=O)c3cccs3)c2)cc1. The summed E-state index contributed by atoms with van der Waals surface area (Å²) < 4.78 is 5.11. The lowest BCUT2D eigenvalue weighted by atomic mass is 10.2. The van der Waals surface area contributed by atoms with E-state index in [9.17, 15) is 9.59 Å². The summed E-state index contributed by atoms with van der Waals surface area (Å²) in [5, 5.41) is 10.2. The summed E-state index contributed by atoms with van der Waals surface area (Å²) in [4.78, 5) is 24.8. The molecule has 27 heavy (non-hydrogen) atoms. The number of hydrogen-bond donors (Lipinski definition) is 3. The van der Waals surface area contributed by atoms with Crippen LogP contribution in [-0.2, 0) is 6.54 Å². The van der Waals surface area contributed by atoms with Crippen molar-refractivity contribution >= 4 is 34.6 Å². The van der Waals surface area contributed by atoms with Crippen molar-refractivity contribution in [1.82, 2.24) is 5.32 Å². The number of carbonyl (C=O) groups excluding carboxylic acids is 2. The summed E-state index contributed by atoms with van der Waals surface area (Å²) in [5.74, 6) is 0.593. The third-order valence-corrected chi connectivity index (χ3v) is 4.60. The van der Waals surface area contributed by atoms with Gasteiger partial charge in [-0.25, -0.2) is 4.79 Å². The number of amides is 3. The molecule has 0 spiro atoms. The minimum absolute atomic E-state index is 0.175. The van der Waals surface area contributed by atoms with Gasteiger partial charge in [-0.15, -0.1) is 11.3 Å². The van der Waals surface area contributed by atoms with Gasteiger partial charge in [-0.2, -0.15) is 0 Å². The molecule has 0 saturated carbocycles. The molecule has 2 aromatic carbocycles. The number of methoxy groups -OCH3 is 1. The van der Waals surface area contributed by atoms with E-state index in [-0.39, 0.29) is 11.9 Å². The van der Waals surface area contributed by atoms with Crippen molar-refractivity contribution in [3.05, 3.63) is 76.5 Å². The first-order valence-corrected chi connectivity index (χ1v) is 9.15. The Kier molecular flexibility index (Phi) is 6.06. The van der Waals surface area contributed by atoms with Crippen LogP contribution in [0.25, 0.3) is 0 Å². The van der Waals surface area contributed by atoms with Crippen molar-refractivity contribution < 1.29 is 14.3 Å². The largest absolute Gasteiger partial charge is 0.497 e. The van der Waals surface area contributed by atoms with Crippen LogP contribution in [0, 0.1) is 0 Å². The zero-order valence-electron chi connectivity index (χ0n) is 14.7. The summed E-state index contributed by atoms with van der Waals surface area (Å²) >= 11 is 1.37. The summed E-state index contributed by atoms with van der Waals surface area (Å²) in [7, 11) is 1.61. The molecule has 0 aliphatic carbocycles. The number of rotatable bonds is 6. The van der Waals surface area contributed by atoms with Gasteiger partial charge in [-0.05, 0) is 47.3 Å². The van der Waals surface area contributed by atoms with Crippen LogP contribution in [-0.4, -0.2) is 19.0 Å². The van der Waals surface area contributed by atoms with Gasteiger partial charge in [0.15, 0.2) is 0 Å². The van der Waals surface area contributed by atoms with E-state index in [0.29, 0.717) is 22.8 Å². The average Bonchev–Trinajstić information content (AvgIpc) is 3.22. The molecular formula is C20H19N3O3S. The first kappa shape index (κ1) is 18.5. The van der Waals surface area contributed by atoms with Crippen LogP contribution >= 0.6 is 11.3 Å². The van der Waals surface area contributed by atoms with Crippen LogP contribution in [0.3, 0.4) is 0 Å². The molecule has 3 amide bonds. The Bertz CT molecular complexity index is 908. The maximum Gasteiger partial charge on any atom is 0.319 e. The van der Waals surface area contributed by atoms with Crippen molar-refractivity contribution in [1.29, 1.82) is 0 Å². The normalized spacial score (nSPS) is 10.1. The number of benzene rings is 2. The molecule has 0 saturated heterocycles. The Morgan fingerprint density at radius 3 is 2.37 bits per heavy atom. The van der Waals surface area contributed by atoms with E-state index < -0.39 is 0 Å². The van der Waals surface area contributed by atoms with Gasteiger partial charge in [0.1, 0.15) is 5.75 Å². The molecule has 7 heteroatoms. The van der Waals surface area contributed by atoms with Crippen molar-refractivity contribution in [2.75, 3.05) is 17.7 Å². The van der Waals surface area contributed by atoms with Gasteiger partial charge >= 0.3 is 6.03 Å². The number of urea groups is 1. The number of hydrogen-bond acceptors (Lipinski definition) is 4. The number of thiophene rings is 1. The summed E-state index contributed by atoms with van der Waals surface area (Å²) in [6.07, 6.45) is 0. The first-order valence-electron chi connectivity index (χ1n) is 8.27. The highest BCUT2D eigenvalue weighted by Crippen LogP contribution is 2.17. The van der Waals surface area contributed by atoms with E-state index in [4.69, 9.17) is 4.74 Å². The third-order valence-electron chi connectivity index (χ3n) is 3.74. The van der Waals surface area contributed by atoms with Gasteiger partial charge < -0.3 is 20.7 Å². The van der Waals surface area contributed by atoms with Crippen molar-refractivity contribution in [3.63, 3.8) is 0 Å². The minimum atomic E-state index is -0.326. The fourth-order valence-corrected chi connectivity index (χ4v) is 3.00. The summed E-state index contributed by atoms with van der Waals surface area (Å²) in [6.45, 7) is 0.393. The maximum absolute atomic E-state index is 12.1. The number of anilines is 2. The lowest BCUT2D eigenvalue weighted by Gasteiger charge is -2.10. The van der Waals surface area contributed by atoms with Crippen LogP contribution in [0.1, 0.15) is 15.2 Å². The molecule has 0 aliphatic heterocycles. The molecule has 0 aliphatic rings. The monoisotopic (exact) mass is 381 g/mol. The summed E-state index contributed by atoms with van der Waals surface area (Å²) in [5.41, 5.74) is 2.16. The molecule has 138 valence electrons. The van der Waals surface area contributed by atoms with Crippen molar-refractivity contribution in [3.8, 4) is 5.75 Å². The third kappa shape index (κ3) is 5.32. The fraction of sp³-hybridized carbons (Fsp3) is 0.100. The predicted molar refractivity (Wildman–Crippen MR) is 108 cm³/mol. The highest BCUT2D eigenvalue weighted by Gasteiger charge is 2.08. The average molecular weight is 381 g/mol. The molecule has 6 nitrogen and oxygen atoms in total. The lowest BCUT2D eigenvalue weighted by molar-refractivity contribution is 0.103. The zero-order valence-corrected chi connectivity index (χ0v) is 15.5. The standard InChI is InChI=1S/C20H19N3O3S/c1-26-17-9-7-14(8-10-17)13-21-20(25)23-16-5-2-4-15(12-16)22-19(24)18-6-3-11-27-18/h2-12H,13H2,1H3,(H,22,24)(H2,21,23,25). The maximum atomic E-state index is 12.1. The van der Waals surface area contributed by atoms with Gasteiger partial charge in [0.25, 0.3) is 5.91 Å². The van der Waals surface area contributed by atoms with Crippen LogP contribution in [0.15, 0.2) is 66.0 Å². The van der Waals surface area contributed by atoms with Crippen LogP contribution < -0.4 is 20.7 Å². The Balaban J connectivity index is 1.53.